The molecule has 0 aliphatic heterocycles. The first kappa shape index (κ1) is 13.3. The van der Waals surface area contributed by atoms with Crippen LogP contribution in [0.1, 0.15) is 20.8 Å². The second-order valence-corrected chi connectivity index (χ2v) is 5.25. The van der Waals surface area contributed by atoms with Gasteiger partial charge in [0.1, 0.15) is 5.69 Å². The van der Waals surface area contributed by atoms with Gasteiger partial charge in [-0.1, -0.05) is 6.07 Å². The van der Waals surface area contributed by atoms with Gasteiger partial charge in [-0.05, 0) is 32.9 Å². The molecule has 0 radical (unpaired) electrons. The highest BCUT2D eigenvalue weighted by Crippen LogP contribution is 2.17. The van der Waals surface area contributed by atoms with E-state index in [0.29, 0.717) is 5.82 Å². The Kier molecular flexibility index (Phi) is 3.64. The lowest BCUT2D eigenvalue weighted by Gasteiger charge is -2.17. The van der Waals surface area contributed by atoms with E-state index in [1.54, 1.807) is 23.2 Å². The number of imidazole rings is 1. The van der Waals surface area contributed by atoms with Crippen molar-refractivity contribution in [3.05, 3.63) is 36.8 Å². The molecule has 5 nitrogen and oxygen atoms in total. The lowest BCUT2D eigenvalue weighted by Crippen LogP contribution is -2.24. The van der Waals surface area contributed by atoms with Crippen molar-refractivity contribution in [2.24, 2.45) is 5.41 Å². The van der Waals surface area contributed by atoms with Crippen LogP contribution in [0.5, 0.6) is 0 Å². The van der Waals surface area contributed by atoms with E-state index in [1.807, 2.05) is 39.0 Å². The molecule has 0 amide bonds. The first-order valence-electron chi connectivity index (χ1n) is 6.08. The van der Waals surface area contributed by atoms with Crippen molar-refractivity contribution < 1.29 is 9.53 Å². The Hall–Kier alpha value is -2.17. The molecule has 19 heavy (non-hydrogen) atoms. The van der Waals surface area contributed by atoms with Crippen molar-refractivity contribution in [3.63, 3.8) is 0 Å². The Morgan fingerprint density at radius 3 is 2.68 bits per heavy atom. The lowest BCUT2D eigenvalue weighted by molar-refractivity contribution is -0.156. The zero-order valence-electron chi connectivity index (χ0n) is 11.3. The molecule has 0 fully saturated rings. The summed E-state index contributed by atoms with van der Waals surface area (Å²) in [5, 5.41) is 0. The van der Waals surface area contributed by atoms with E-state index >= 15 is 0 Å². The molecule has 100 valence electrons. The van der Waals surface area contributed by atoms with Crippen LogP contribution in [0.15, 0.2) is 36.8 Å². The minimum Gasteiger partial charge on any atom is -0.443 e. The molecule has 0 saturated heterocycles. The molecule has 0 saturated carbocycles. The number of pyridine rings is 1. The minimum atomic E-state index is -0.508. The van der Waals surface area contributed by atoms with Crippen molar-refractivity contribution in [2.75, 3.05) is 0 Å². The smallest absolute Gasteiger partial charge is 0.312 e. The van der Waals surface area contributed by atoms with E-state index in [4.69, 9.17) is 4.74 Å². The first-order chi connectivity index (χ1) is 8.98. The van der Waals surface area contributed by atoms with Crippen LogP contribution < -0.4 is 0 Å². The van der Waals surface area contributed by atoms with Crippen LogP contribution in [0.3, 0.4) is 0 Å². The molecule has 0 aromatic carbocycles. The van der Waals surface area contributed by atoms with Gasteiger partial charge in [-0.15, -0.1) is 0 Å². The predicted octanol–water partition coefficient (Wildman–Crippen LogP) is 2.49. The van der Waals surface area contributed by atoms with Crippen LogP contribution in [-0.2, 0) is 16.3 Å². The van der Waals surface area contributed by atoms with E-state index in [2.05, 4.69) is 9.97 Å². The van der Waals surface area contributed by atoms with Gasteiger partial charge in [-0.3, -0.25) is 14.3 Å². The Morgan fingerprint density at radius 2 is 2.05 bits per heavy atom. The highest BCUT2D eigenvalue weighted by atomic mass is 16.5. The third-order valence-electron chi connectivity index (χ3n) is 2.56. The summed E-state index contributed by atoms with van der Waals surface area (Å²) in [5.41, 5.74) is 0.241. The molecule has 0 unspecified atom stereocenters. The molecule has 0 N–H and O–H groups in total. The van der Waals surface area contributed by atoms with Gasteiger partial charge in [-0.25, -0.2) is 4.98 Å². The molecule has 0 bridgehead atoms. The molecule has 0 atom stereocenters. The van der Waals surface area contributed by atoms with Gasteiger partial charge in [0.05, 0.1) is 5.41 Å². The highest BCUT2D eigenvalue weighted by molar-refractivity contribution is 5.75. The molecule has 0 aliphatic carbocycles. The summed E-state index contributed by atoms with van der Waals surface area (Å²) in [4.78, 5) is 20.2. The predicted molar refractivity (Wildman–Crippen MR) is 71.0 cm³/mol. The van der Waals surface area contributed by atoms with Crippen LogP contribution in [0.25, 0.3) is 11.5 Å². The normalized spacial score (nSPS) is 11.3. The number of hydrogen-bond acceptors (Lipinski definition) is 4. The summed E-state index contributed by atoms with van der Waals surface area (Å²) >= 11 is 0. The zero-order valence-corrected chi connectivity index (χ0v) is 11.3. The van der Waals surface area contributed by atoms with Crippen molar-refractivity contribution in [1.29, 1.82) is 0 Å². The third-order valence-corrected chi connectivity index (χ3v) is 2.56. The Morgan fingerprint density at radius 1 is 1.26 bits per heavy atom. The quantitative estimate of drug-likeness (QED) is 0.795. The number of ether oxygens (including phenoxy) is 1. The van der Waals surface area contributed by atoms with E-state index in [1.165, 1.54) is 0 Å². The second kappa shape index (κ2) is 5.22. The third kappa shape index (κ3) is 3.19. The van der Waals surface area contributed by atoms with Gasteiger partial charge in [0.15, 0.2) is 12.6 Å². The number of carbonyl (C=O) groups excluding carboxylic acids is 1. The van der Waals surface area contributed by atoms with Crippen molar-refractivity contribution >= 4 is 5.97 Å². The van der Waals surface area contributed by atoms with E-state index in [0.717, 1.165) is 5.69 Å². The Bertz CT molecular complexity index is 556. The Balaban J connectivity index is 2.11. The van der Waals surface area contributed by atoms with Gasteiger partial charge in [0, 0.05) is 18.6 Å². The number of esters is 1. The fourth-order valence-corrected chi connectivity index (χ4v) is 1.49. The molecule has 0 spiro atoms. The number of rotatable bonds is 3. The molecule has 2 aromatic rings. The Labute approximate surface area is 112 Å². The van der Waals surface area contributed by atoms with Crippen molar-refractivity contribution in [1.82, 2.24) is 14.5 Å². The molecule has 0 aliphatic rings. The number of hydrogen-bond donors (Lipinski definition) is 0. The van der Waals surface area contributed by atoms with E-state index in [9.17, 15) is 4.79 Å². The highest BCUT2D eigenvalue weighted by Gasteiger charge is 2.23. The maximum atomic E-state index is 11.7. The fourth-order valence-electron chi connectivity index (χ4n) is 1.49. The fraction of sp³-hybridized carbons (Fsp3) is 0.357. The maximum Gasteiger partial charge on any atom is 0.312 e. The maximum absolute atomic E-state index is 11.7. The van der Waals surface area contributed by atoms with Crippen LogP contribution in [0.4, 0.5) is 0 Å². The van der Waals surface area contributed by atoms with Gasteiger partial charge in [-0.2, -0.15) is 0 Å². The summed E-state index contributed by atoms with van der Waals surface area (Å²) in [7, 11) is 0. The average Bonchev–Trinajstić information content (AvgIpc) is 2.84. The van der Waals surface area contributed by atoms with Crippen LogP contribution in [-0.4, -0.2) is 20.5 Å². The molecule has 2 heterocycles. The second-order valence-electron chi connectivity index (χ2n) is 5.25. The molecular formula is C14H17N3O2. The van der Waals surface area contributed by atoms with E-state index in [-0.39, 0.29) is 12.7 Å². The van der Waals surface area contributed by atoms with Gasteiger partial charge in [0.2, 0.25) is 0 Å². The topological polar surface area (TPSA) is 57.0 Å². The molecular weight excluding hydrogens is 242 g/mol. The minimum absolute atomic E-state index is 0.141. The average molecular weight is 259 g/mol. The van der Waals surface area contributed by atoms with Crippen LogP contribution >= 0.6 is 0 Å². The van der Waals surface area contributed by atoms with Crippen molar-refractivity contribution in [3.8, 4) is 11.5 Å². The largest absolute Gasteiger partial charge is 0.443 e. The summed E-state index contributed by atoms with van der Waals surface area (Å²) in [6, 6.07) is 5.60. The number of aromatic nitrogens is 3. The summed E-state index contributed by atoms with van der Waals surface area (Å²) < 4.78 is 7.03. The van der Waals surface area contributed by atoms with Crippen LogP contribution in [0, 0.1) is 5.41 Å². The monoisotopic (exact) mass is 259 g/mol. The summed E-state index contributed by atoms with van der Waals surface area (Å²) in [6.45, 7) is 5.61. The van der Waals surface area contributed by atoms with E-state index < -0.39 is 5.41 Å². The summed E-state index contributed by atoms with van der Waals surface area (Å²) in [6.07, 6.45) is 5.13. The molecule has 2 aromatic heterocycles. The molecule has 5 heteroatoms. The first-order valence-corrected chi connectivity index (χ1v) is 6.08. The standard InChI is InChI=1S/C14H17N3O2/c1-14(2,3)13(18)19-10-17-9-8-16-12(17)11-6-4-5-7-15-11/h4-9H,10H2,1-3H3. The lowest BCUT2D eigenvalue weighted by atomic mass is 9.98. The van der Waals surface area contributed by atoms with Gasteiger partial charge in [0.25, 0.3) is 0 Å². The number of carbonyl (C=O) groups is 1. The SMILES string of the molecule is CC(C)(C)C(=O)OCn1ccnc1-c1ccccn1. The van der Waals surface area contributed by atoms with Gasteiger partial charge >= 0.3 is 5.97 Å². The van der Waals surface area contributed by atoms with Crippen molar-refractivity contribution in [2.45, 2.75) is 27.5 Å². The number of nitrogens with zero attached hydrogens (tertiary/aromatic N) is 3. The van der Waals surface area contributed by atoms with Crippen LogP contribution in [0.2, 0.25) is 0 Å². The zero-order chi connectivity index (χ0) is 13.9. The summed E-state index contributed by atoms with van der Waals surface area (Å²) in [5.74, 6) is 0.440. The van der Waals surface area contributed by atoms with Gasteiger partial charge < -0.3 is 4.74 Å². The molecule has 2 rings (SSSR count).